The van der Waals surface area contributed by atoms with Crippen molar-refractivity contribution in [1.29, 1.82) is 0 Å². The summed E-state index contributed by atoms with van der Waals surface area (Å²) in [5, 5.41) is 0.207. The lowest BCUT2D eigenvalue weighted by Crippen LogP contribution is -2.73. The molecule has 0 aromatic rings. The maximum Gasteiger partial charge on any atom is 0.192 e. The second kappa shape index (κ2) is 7.49. The van der Waals surface area contributed by atoms with Gasteiger partial charge in [-0.2, -0.15) is 0 Å². The van der Waals surface area contributed by atoms with Crippen molar-refractivity contribution in [2.45, 2.75) is 84.4 Å². The summed E-state index contributed by atoms with van der Waals surface area (Å²) in [5.41, 5.74) is 0.615. The molecule has 0 N–H and O–H groups in total. The second-order valence-corrected chi connectivity index (χ2v) is 19.0. The summed E-state index contributed by atoms with van der Waals surface area (Å²) in [4.78, 5) is 30.3. The Bertz CT molecular complexity index is 963. The van der Waals surface area contributed by atoms with Crippen LogP contribution < -0.4 is 0 Å². The Hall–Kier alpha value is -1.04. The normalized spacial score (nSPS) is 42.6. The van der Waals surface area contributed by atoms with Gasteiger partial charge in [-0.25, -0.2) is 0 Å². The number of fused-ring (bicyclic) bond motifs is 2. The van der Waals surface area contributed by atoms with Crippen molar-refractivity contribution in [3.63, 3.8) is 0 Å². The second-order valence-electron chi connectivity index (χ2n) is 14.2. The number of Topliss-reactive ketones (excluding diaryl/α,β-unsaturated/α-hetero) is 2. The van der Waals surface area contributed by atoms with E-state index in [-0.39, 0.29) is 45.2 Å². The van der Waals surface area contributed by atoms with Gasteiger partial charge in [0.1, 0.15) is 0 Å². The Morgan fingerprint density at radius 3 is 2.41 bits per heavy atom. The molecule has 0 radical (unpaired) electrons. The Balaban J connectivity index is 1.48. The van der Waals surface area contributed by atoms with Crippen LogP contribution in [-0.4, -0.2) is 51.0 Å². The molecule has 34 heavy (non-hydrogen) atoms. The molecule has 0 aromatic heterocycles. The van der Waals surface area contributed by atoms with Gasteiger partial charge in [0.25, 0.3) is 0 Å². The SMILES string of the molecule is C=C1C(=O)[C@]23CC[C@H]1C[C@H]2[C@@]12CCC[C@@](C)(CN(CCO[Si](C)(C)C(C)(C)C)C1)[C@H]2C(=C)C3=O. The van der Waals surface area contributed by atoms with E-state index in [2.05, 4.69) is 58.8 Å². The quantitative estimate of drug-likeness (QED) is 0.288. The number of carbonyl (C=O) groups is 2. The molecule has 0 unspecified atom stereocenters. The summed E-state index contributed by atoms with van der Waals surface area (Å²) in [6.07, 6.45) is 6.03. The standard InChI is InChI=1S/C29H45NO3Si/c1-19-21-10-13-29(24(19)31)22(16-21)28-12-9-11-27(6,23(28)20(2)25(29)32)17-30(18-28)14-15-33-34(7,8)26(3,4)5/h21-23H,1-2,9-18H2,3-8H3/t21-,22-,23+,27-,28+,29-/m0/s1. The lowest BCUT2D eigenvalue weighted by molar-refractivity contribution is -0.197. The van der Waals surface area contributed by atoms with Crippen LogP contribution in [0, 0.1) is 34.0 Å². The van der Waals surface area contributed by atoms with E-state index in [1.54, 1.807) is 0 Å². The van der Waals surface area contributed by atoms with Gasteiger partial charge in [0.15, 0.2) is 19.9 Å². The van der Waals surface area contributed by atoms with Crippen LogP contribution in [0.2, 0.25) is 18.1 Å². The number of hydrogen-bond donors (Lipinski definition) is 0. The van der Waals surface area contributed by atoms with Gasteiger partial charge < -0.3 is 4.43 Å². The molecule has 5 saturated carbocycles. The molecular weight excluding hydrogens is 438 g/mol. The molecule has 4 nitrogen and oxygen atoms in total. The van der Waals surface area contributed by atoms with Gasteiger partial charge in [-0.1, -0.05) is 47.3 Å². The predicted octanol–water partition coefficient (Wildman–Crippen LogP) is 5.80. The number of nitrogens with zero attached hydrogens (tertiary/aromatic N) is 1. The molecule has 6 atom stereocenters. The van der Waals surface area contributed by atoms with Crippen LogP contribution in [0.25, 0.3) is 0 Å². The van der Waals surface area contributed by atoms with Crippen molar-refractivity contribution in [3.8, 4) is 0 Å². The maximum atomic E-state index is 14.0. The summed E-state index contributed by atoms with van der Waals surface area (Å²) >= 11 is 0. The minimum atomic E-state index is -1.79. The summed E-state index contributed by atoms with van der Waals surface area (Å²) in [7, 11) is -1.79. The topological polar surface area (TPSA) is 46.6 Å². The van der Waals surface area contributed by atoms with Crippen LogP contribution >= 0.6 is 0 Å². The van der Waals surface area contributed by atoms with Crippen molar-refractivity contribution in [2.75, 3.05) is 26.2 Å². The molecule has 0 aromatic carbocycles. The largest absolute Gasteiger partial charge is 0.416 e. The zero-order valence-electron chi connectivity index (χ0n) is 22.4. The lowest BCUT2D eigenvalue weighted by Gasteiger charge is -2.71. The van der Waals surface area contributed by atoms with Crippen LogP contribution in [0.3, 0.4) is 0 Å². The Labute approximate surface area is 207 Å². The monoisotopic (exact) mass is 483 g/mol. The minimum Gasteiger partial charge on any atom is -0.416 e. The average Bonchev–Trinajstić information content (AvgIpc) is 2.73. The Kier molecular flexibility index (Phi) is 5.43. The highest BCUT2D eigenvalue weighted by atomic mass is 28.4. The molecule has 1 saturated heterocycles. The molecule has 6 aliphatic rings. The number of ketones is 2. The van der Waals surface area contributed by atoms with E-state index in [0.29, 0.717) is 12.0 Å². The van der Waals surface area contributed by atoms with E-state index >= 15 is 0 Å². The van der Waals surface area contributed by atoms with E-state index in [0.717, 1.165) is 57.5 Å². The third-order valence-corrected chi connectivity index (χ3v) is 15.9. The molecule has 188 valence electrons. The number of rotatable bonds is 4. The first-order valence-electron chi connectivity index (χ1n) is 13.5. The average molecular weight is 484 g/mol. The first-order chi connectivity index (χ1) is 15.7. The van der Waals surface area contributed by atoms with Gasteiger partial charge in [0, 0.05) is 32.2 Å². The van der Waals surface area contributed by atoms with Crippen molar-refractivity contribution in [1.82, 2.24) is 4.90 Å². The molecule has 0 amide bonds. The van der Waals surface area contributed by atoms with Gasteiger partial charge in [-0.3, -0.25) is 14.5 Å². The van der Waals surface area contributed by atoms with Gasteiger partial charge >= 0.3 is 0 Å². The Morgan fingerprint density at radius 1 is 1.06 bits per heavy atom. The van der Waals surface area contributed by atoms with Gasteiger partial charge in [-0.15, -0.1) is 0 Å². The number of hydrogen-bond acceptors (Lipinski definition) is 4. The van der Waals surface area contributed by atoms with Crippen LogP contribution in [0.4, 0.5) is 0 Å². The third kappa shape index (κ3) is 3.08. The molecular formula is C29H45NO3Si. The van der Waals surface area contributed by atoms with E-state index in [1.165, 1.54) is 6.42 Å². The molecule has 1 heterocycles. The van der Waals surface area contributed by atoms with Crippen molar-refractivity contribution < 1.29 is 14.0 Å². The first kappa shape index (κ1) is 24.6. The molecule has 6 rings (SSSR count). The van der Waals surface area contributed by atoms with Crippen LogP contribution in [0.5, 0.6) is 0 Å². The highest BCUT2D eigenvalue weighted by Gasteiger charge is 2.74. The molecule has 4 bridgehead atoms. The first-order valence-corrected chi connectivity index (χ1v) is 16.4. The third-order valence-electron chi connectivity index (χ3n) is 11.4. The summed E-state index contributed by atoms with van der Waals surface area (Å²) in [6.45, 7) is 26.2. The van der Waals surface area contributed by atoms with Crippen molar-refractivity contribution >= 4 is 19.9 Å². The van der Waals surface area contributed by atoms with E-state index < -0.39 is 13.7 Å². The van der Waals surface area contributed by atoms with Gasteiger partial charge in [0.2, 0.25) is 0 Å². The highest BCUT2D eigenvalue weighted by Crippen LogP contribution is 2.72. The predicted molar refractivity (Wildman–Crippen MR) is 139 cm³/mol. The molecule has 1 aliphatic heterocycles. The molecule has 6 fully saturated rings. The van der Waals surface area contributed by atoms with Crippen molar-refractivity contribution in [2.24, 2.45) is 34.0 Å². The lowest BCUT2D eigenvalue weighted by atomic mass is 9.34. The maximum absolute atomic E-state index is 14.0. The molecule has 5 heteroatoms. The fourth-order valence-electron chi connectivity index (χ4n) is 8.94. The fourth-order valence-corrected chi connectivity index (χ4v) is 9.98. The zero-order chi connectivity index (χ0) is 24.9. The number of allylic oxidation sites excluding steroid dienone is 2. The number of likely N-dealkylation sites (tertiary alicyclic amines) is 1. The van der Waals surface area contributed by atoms with Crippen molar-refractivity contribution in [3.05, 3.63) is 24.3 Å². The van der Waals surface area contributed by atoms with Crippen LogP contribution in [0.15, 0.2) is 24.3 Å². The van der Waals surface area contributed by atoms with Crippen LogP contribution in [-0.2, 0) is 14.0 Å². The van der Waals surface area contributed by atoms with Gasteiger partial charge in [-0.05, 0) is 84.0 Å². The summed E-state index contributed by atoms with van der Waals surface area (Å²) < 4.78 is 6.57. The Morgan fingerprint density at radius 2 is 1.74 bits per heavy atom. The highest BCUT2D eigenvalue weighted by molar-refractivity contribution is 6.74. The number of piperidine rings is 1. The van der Waals surface area contributed by atoms with E-state index in [4.69, 9.17) is 4.43 Å². The molecule has 5 aliphatic carbocycles. The zero-order valence-corrected chi connectivity index (χ0v) is 23.4. The molecule has 1 spiro atoms. The smallest absolute Gasteiger partial charge is 0.192 e. The minimum absolute atomic E-state index is 0.0255. The van der Waals surface area contributed by atoms with E-state index in [1.807, 2.05) is 0 Å². The van der Waals surface area contributed by atoms with Gasteiger partial charge in [0.05, 0.1) is 5.41 Å². The van der Waals surface area contributed by atoms with E-state index in [9.17, 15) is 9.59 Å². The summed E-state index contributed by atoms with van der Waals surface area (Å²) in [6, 6.07) is 0. The van der Waals surface area contributed by atoms with Crippen LogP contribution in [0.1, 0.15) is 66.2 Å². The summed E-state index contributed by atoms with van der Waals surface area (Å²) in [5.74, 6) is 0.743. The number of carbonyl (C=O) groups excluding carboxylic acids is 2. The fraction of sp³-hybridized carbons (Fsp3) is 0.793.